The van der Waals surface area contributed by atoms with Gasteiger partial charge in [-0.25, -0.2) is 4.79 Å². The fourth-order valence-electron chi connectivity index (χ4n) is 5.49. The monoisotopic (exact) mass is 563 g/mol. The maximum atomic E-state index is 11.5. The number of hydrogen-bond acceptors (Lipinski definition) is 6. The molecule has 9 nitrogen and oxygen atoms in total. The van der Waals surface area contributed by atoms with Crippen LogP contribution in [0.1, 0.15) is 18.1 Å². The molecule has 0 radical (unpaired) electrons. The summed E-state index contributed by atoms with van der Waals surface area (Å²) in [5.41, 5.74) is 5.61. The summed E-state index contributed by atoms with van der Waals surface area (Å²) in [5.74, 6) is 0.912. The summed E-state index contributed by atoms with van der Waals surface area (Å²) in [7, 11) is 1.93. The quantitative estimate of drug-likeness (QED) is 0.248. The van der Waals surface area contributed by atoms with E-state index in [1.807, 2.05) is 90.6 Å². The van der Waals surface area contributed by atoms with Crippen molar-refractivity contribution in [2.24, 2.45) is 7.05 Å². The number of ether oxygens (including phenoxy) is 2. The van der Waals surface area contributed by atoms with Crippen LogP contribution < -0.4 is 14.4 Å². The normalized spacial score (nSPS) is 15.1. The lowest BCUT2D eigenvalue weighted by molar-refractivity contribution is 0.136. The van der Waals surface area contributed by atoms with Crippen molar-refractivity contribution in [3.63, 3.8) is 0 Å². The highest BCUT2D eigenvalue weighted by Crippen LogP contribution is 2.39. The predicted molar refractivity (Wildman–Crippen MR) is 162 cm³/mol. The van der Waals surface area contributed by atoms with Crippen LogP contribution >= 0.6 is 0 Å². The number of anilines is 1. The van der Waals surface area contributed by atoms with E-state index in [0.29, 0.717) is 44.6 Å². The van der Waals surface area contributed by atoms with Gasteiger partial charge in [0.15, 0.2) is 0 Å². The third-order valence-electron chi connectivity index (χ3n) is 7.59. The van der Waals surface area contributed by atoms with Crippen LogP contribution in [0.4, 0.5) is 10.5 Å². The highest BCUT2D eigenvalue weighted by Gasteiger charge is 2.29. The number of carbonyl (C=O) groups is 1. The molecule has 6 rings (SSSR count). The molecule has 1 fully saturated rings. The molecule has 9 heteroatoms. The maximum absolute atomic E-state index is 11.5. The molecule has 214 valence electrons. The van der Waals surface area contributed by atoms with Gasteiger partial charge in [0.2, 0.25) is 11.8 Å². The lowest BCUT2D eigenvalue weighted by Gasteiger charge is -2.40. The standard InChI is InChI=1S/C33H33N5O4/c1-23-20-37(33(39)40)18-19-38(23)28-15-9-14-26-30(35-36(2)31(26)28)27-16-17-29(41-21-24-10-5-3-6-11-24)34-32(27)42-22-25-12-7-4-8-13-25/h3-17,23H,18-22H2,1-2H3,(H,39,40)/t23-/m1/s1. The Morgan fingerprint density at radius 3 is 2.24 bits per heavy atom. The van der Waals surface area contributed by atoms with Crippen molar-refractivity contribution in [3.05, 3.63) is 102 Å². The van der Waals surface area contributed by atoms with Crippen molar-refractivity contribution in [1.29, 1.82) is 0 Å². The van der Waals surface area contributed by atoms with E-state index in [4.69, 9.17) is 19.6 Å². The molecule has 42 heavy (non-hydrogen) atoms. The summed E-state index contributed by atoms with van der Waals surface area (Å²) in [5, 5.41) is 15.4. The molecular formula is C33H33N5O4. The van der Waals surface area contributed by atoms with E-state index in [1.165, 1.54) is 4.90 Å². The first-order valence-electron chi connectivity index (χ1n) is 14.0. The lowest BCUT2D eigenvalue weighted by atomic mass is 10.1. The molecule has 1 aliphatic heterocycles. The molecule has 5 aromatic rings. The first-order chi connectivity index (χ1) is 20.5. The summed E-state index contributed by atoms with van der Waals surface area (Å²) in [4.78, 5) is 20.1. The van der Waals surface area contributed by atoms with Crippen molar-refractivity contribution in [2.45, 2.75) is 26.2 Å². The summed E-state index contributed by atoms with van der Waals surface area (Å²) >= 11 is 0. The first kappa shape index (κ1) is 27.1. The molecule has 1 aliphatic rings. The maximum Gasteiger partial charge on any atom is 0.407 e. The summed E-state index contributed by atoms with van der Waals surface area (Å²) < 4.78 is 14.2. The zero-order valence-electron chi connectivity index (χ0n) is 23.7. The van der Waals surface area contributed by atoms with Gasteiger partial charge in [0.05, 0.1) is 16.8 Å². The Bertz CT molecular complexity index is 1690. The molecular weight excluding hydrogens is 530 g/mol. The summed E-state index contributed by atoms with van der Waals surface area (Å²) in [6.45, 7) is 4.31. The Hall–Kier alpha value is -5.05. The van der Waals surface area contributed by atoms with Crippen molar-refractivity contribution < 1.29 is 19.4 Å². The molecule has 0 saturated carbocycles. The molecule has 0 bridgehead atoms. The van der Waals surface area contributed by atoms with Gasteiger partial charge in [0.25, 0.3) is 0 Å². The van der Waals surface area contributed by atoms with Gasteiger partial charge in [0.1, 0.15) is 18.9 Å². The number of aromatic nitrogens is 3. The van der Waals surface area contributed by atoms with Gasteiger partial charge in [-0.1, -0.05) is 72.8 Å². The number of hydrogen-bond donors (Lipinski definition) is 1. The second-order valence-electron chi connectivity index (χ2n) is 10.5. The van der Waals surface area contributed by atoms with Crippen molar-refractivity contribution >= 4 is 22.7 Å². The van der Waals surface area contributed by atoms with Crippen molar-refractivity contribution in [2.75, 3.05) is 24.5 Å². The van der Waals surface area contributed by atoms with E-state index in [1.54, 1.807) is 0 Å². The zero-order chi connectivity index (χ0) is 29.1. The molecule has 0 spiro atoms. The van der Waals surface area contributed by atoms with E-state index in [9.17, 15) is 9.90 Å². The fraction of sp³-hybridized carbons (Fsp3) is 0.242. The van der Waals surface area contributed by atoms with E-state index < -0.39 is 6.09 Å². The highest BCUT2D eigenvalue weighted by molar-refractivity contribution is 6.01. The molecule has 0 aliphatic carbocycles. The van der Waals surface area contributed by atoms with E-state index >= 15 is 0 Å². The third-order valence-corrected chi connectivity index (χ3v) is 7.59. The fourth-order valence-corrected chi connectivity index (χ4v) is 5.49. The molecule has 1 N–H and O–H groups in total. The molecule has 2 aromatic heterocycles. The molecule has 1 atom stereocenters. The molecule has 3 heterocycles. The third kappa shape index (κ3) is 5.58. The molecule has 1 saturated heterocycles. The number of para-hydroxylation sites is 1. The Labute approximate surface area is 244 Å². The van der Waals surface area contributed by atoms with E-state index in [2.05, 4.69) is 24.0 Å². The van der Waals surface area contributed by atoms with Gasteiger partial charge in [-0.2, -0.15) is 10.1 Å². The number of carboxylic acid groups (broad SMARTS) is 1. The first-order valence-corrected chi connectivity index (χ1v) is 14.0. The Morgan fingerprint density at radius 2 is 1.57 bits per heavy atom. The highest BCUT2D eigenvalue weighted by atomic mass is 16.5. The van der Waals surface area contributed by atoms with Crippen LogP contribution in [-0.2, 0) is 20.3 Å². The average molecular weight is 564 g/mol. The SMILES string of the molecule is C[C@@H]1CN(C(=O)O)CCN1c1cccc2c(-c3ccc(OCc4ccccc4)nc3OCc3ccccc3)nn(C)c12. The van der Waals surface area contributed by atoms with E-state index in [0.717, 1.165) is 39.0 Å². The predicted octanol–water partition coefficient (Wildman–Crippen LogP) is 5.98. The van der Waals surface area contributed by atoms with Crippen LogP contribution in [0.15, 0.2) is 91.0 Å². The van der Waals surface area contributed by atoms with Crippen LogP contribution in [0.25, 0.3) is 22.2 Å². The lowest BCUT2D eigenvalue weighted by Crippen LogP contribution is -2.53. The minimum absolute atomic E-state index is 0.0197. The van der Waals surface area contributed by atoms with Crippen molar-refractivity contribution in [3.8, 4) is 23.0 Å². The topological polar surface area (TPSA) is 93.0 Å². The summed E-state index contributed by atoms with van der Waals surface area (Å²) in [6, 6.07) is 29.9. The van der Waals surface area contributed by atoms with Gasteiger partial charge in [-0.15, -0.1) is 0 Å². The van der Waals surface area contributed by atoms with Crippen LogP contribution in [0, 0.1) is 0 Å². The van der Waals surface area contributed by atoms with Crippen LogP contribution in [0.2, 0.25) is 0 Å². The van der Waals surface area contributed by atoms with E-state index in [-0.39, 0.29) is 6.04 Å². The van der Waals surface area contributed by atoms with Gasteiger partial charge in [-0.05, 0) is 30.2 Å². The van der Waals surface area contributed by atoms with Crippen LogP contribution in [-0.4, -0.2) is 56.5 Å². The number of pyridine rings is 1. The van der Waals surface area contributed by atoms with Gasteiger partial charge >= 0.3 is 6.09 Å². The zero-order valence-corrected chi connectivity index (χ0v) is 23.7. The van der Waals surface area contributed by atoms with Crippen LogP contribution in [0.5, 0.6) is 11.8 Å². The molecule has 0 unspecified atom stereocenters. The van der Waals surface area contributed by atoms with Gasteiger partial charge < -0.3 is 24.4 Å². The smallest absolute Gasteiger partial charge is 0.407 e. The molecule has 3 aromatic carbocycles. The molecule has 1 amide bonds. The average Bonchev–Trinajstić information content (AvgIpc) is 3.36. The summed E-state index contributed by atoms with van der Waals surface area (Å²) in [6.07, 6.45) is -0.880. The number of rotatable bonds is 8. The minimum Gasteiger partial charge on any atom is -0.473 e. The number of fused-ring (bicyclic) bond motifs is 1. The number of aryl methyl sites for hydroxylation is 1. The Kier molecular flexibility index (Phi) is 7.64. The number of amides is 1. The number of nitrogens with zero attached hydrogens (tertiary/aromatic N) is 5. The number of benzene rings is 3. The largest absolute Gasteiger partial charge is 0.473 e. The second kappa shape index (κ2) is 11.8. The van der Waals surface area contributed by atoms with Crippen molar-refractivity contribution in [1.82, 2.24) is 19.7 Å². The van der Waals surface area contributed by atoms with Gasteiger partial charge in [0, 0.05) is 44.2 Å². The Morgan fingerprint density at radius 1 is 0.881 bits per heavy atom. The Balaban J connectivity index is 1.36. The minimum atomic E-state index is -0.880. The van der Waals surface area contributed by atoms with Crippen LogP contribution in [0.3, 0.4) is 0 Å². The van der Waals surface area contributed by atoms with Gasteiger partial charge in [-0.3, -0.25) is 4.68 Å². The second-order valence-corrected chi connectivity index (χ2v) is 10.5. The number of piperazine rings is 1.